The molecule has 1 saturated heterocycles. The first-order chi connectivity index (χ1) is 9.11. The molecule has 1 atom stereocenters. The van der Waals surface area contributed by atoms with E-state index < -0.39 is 47.1 Å². The average molecular weight is 313 g/mol. The number of aromatic amines is 1. The molecule has 11 heteroatoms. The summed E-state index contributed by atoms with van der Waals surface area (Å²) in [6.45, 7) is -1.67. The fraction of sp³-hybridized carbons (Fsp3) is 0.556. The minimum absolute atomic E-state index is 0.374. The van der Waals surface area contributed by atoms with Gasteiger partial charge in [0.25, 0.3) is 10.0 Å². The Morgan fingerprint density at radius 1 is 1.50 bits per heavy atom. The summed E-state index contributed by atoms with van der Waals surface area (Å²) in [4.78, 5) is 16.7. The number of carboxylic acids is 1. The van der Waals surface area contributed by atoms with Crippen molar-refractivity contribution in [2.45, 2.75) is 17.6 Å². The number of halogens is 3. The molecular formula is C9H10F3N3O4S. The molecule has 1 aliphatic rings. The quantitative estimate of drug-likeness (QED) is 0.842. The number of carboxylic acid groups (broad SMARTS) is 1. The van der Waals surface area contributed by atoms with Crippen LogP contribution in [0.4, 0.5) is 13.2 Å². The number of nitrogens with one attached hydrogen (secondary N) is 1. The van der Waals surface area contributed by atoms with Crippen molar-refractivity contribution < 1.29 is 31.5 Å². The Hall–Kier alpha value is -1.62. The highest BCUT2D eigenvalue weighted by Crippen LogP contribution is 2.46. The van der Waals surface area contributed by atoms with E-state index in [1.807, 2.05) is 0 Å². The standard InChI is InChI=1S/C9H10F3N3O4S/c10-9(11,12)8(7(16)17)1-2-15(4-8)20(18,19)6-3-13-5-14-6/h3,5H,1-2,4H2,(H,13,14)(H,16,17). The summed E-state index contributed by atoms with van der Waals surface area (Å²) in [6.07, 6.45) is -3.84. The molecule has 0 aromatic carbocycles. The zero-order valence-electron chi connectivity index (χ0n) is 9.88. The van der Waals surface area contributed by atoms with Gasteiger partial charge < -0.3 is 10.1 Å². The van der Waals surface area contributed by atoms with E-state index in [0.717, 1.165) is 12.5 Å². The highest BCUT2D eigenvalue weighted by molar-refractivity contribution is 7.89. The monoisotopic (exact) mass is 313 g/mol. The van der Waals surface area contributed by atoms with E-state index in [4.69, 9.17) is 5.11 Å². The van der Waals surface area contributed by atoms with Crippen molar-refractivity contribution in [3.63, 3.8) is 0 Å². The van der Waals surface area contributed by atoms with Gasteiger partial charge in [0.1, 0.15) is 0 Å². The van der Waals surface area contributed by atoms with Crippen LogP contribution in [-0.4, -0.2) is 53.0 Å². The second-order valence-corrected chi connectivity index (χ2v) is 6.30. The maximum absolute atomic E-state index is 12.9. The molecule has 2 rings (SSSR count). The van der Waals surface area contributed by atoms with Crippen molar-refractivity contribution in [2.75, 3.05) is 13.1 Å². The number of carbonyl (C=O) groups is 1. The summed E-state index contributed by atoms with van der Waals surface area (Å²) in [6, 6.07) is 0. The molecule has 20 heavy (non-hydrogen) atoms. The first-order valence-corrected chi connectivity index (χ1v) is 6.84. The number of H-pyrrole nitrogens is 1. The Kier molecular flexibility index (Phi) is 3.29. The lowest BCUT2D eigenvalue weighted by Gasteiger charge is -2.26. The van der Waals surface area contributed by atoms with Crippen LogP contribution in [0, 0.1) is 5.41 Å². The van der Waals surface area contributed by atoms with Gasteiger partial charge in [-0.05, 0) is 6.42 Å². The van der Waals surface area contributed by atoms with E-state index in [1.54, 1.807) is 0 Å². The summed E-state index contributed by atoms with van der Waals surface area (Å²) in [5.41, 5.74) is -3.07. The zero-order chi connectivity index (χ0) is 15.2. The van der Waals surface area contributed by atoms with Crippen LogP contribution in [0.1, 0.15) is 6.42 Å². The third-order valence-electron chi connectivity index (χ3n) is 3.28. The number of aromatic nitrogens is 2. The Bertz CT molecular complexity index is 613. The van der Waals surface area contributed by atoms with E-state index in [9.17, 15) is 26.4 Å². The zero-order valence-corrected chi connectivity index (χ0v) is 10.7. The molecule has 1 fully saturated rings. The largest absolute Gasteiger partial charge is 0.481 e. The molecule has 0 saturated carbocycles. The molecule has 2 heterocycles. The third kappa shape index (κ3) is 2.06. The van der Waals surface area contributed by atoms with Crippen molar-refractivity contribution >= 4 is 16.0 Å². The number of rotatable bonds is 3. The smallest absolute Gasteiger partial charge is 0.406 e. The van der Waals surface area contributed by atoms with Gasteiger partial charge >= 0.3 is 12.1 Å². The number of hydrogen-bond acceptors (Lipinski definition) is 4. The van der Waals surface area contributed by atoms with E-state index in [-0.39, 0.29) is 5.03 Å². The fourth-order valence-electron chi connectivity index (χ4n) is 2.03. The molecule has 0 amide bonds. The second kappa shape index (κ2) is 4.45. The first kappa shape index (κ1) is 14.8. The summed E-state index contributed by atoms with van der Waals surface area (Å²) >= 11 is 0. The van der Waals surface area contributed by atoms with Gasteiger partial charge in [-0.1, -0.05) is 0 Å². The van der Waals surface area contributed by atoms with Crippen molar-refractivity contribution in [1.82, 2.24) is 14.3 Å². The van der Waals surface area contributed by atoms with Crippen molar-refractivity contribution in [3.05, 3.63) is 12.5 Å². The van der Waals surface area contributed by atoms with Gasteiger partial charge in [0.2, 0.25) is 0 Å². The molecule has 0 spiro atoms. The molecule has 0 radical (unpaired) electrons. The van der Waals surface area contributed by atoms with E-state index >= 15 is 0 Å². The summed E-state index contributed by atoms with van der Waals surface area (Å²) < 4.78 is 63.4. The molecule has 1 aliphatic heterocycles. The molecule has 2 N–H and O–H groups in total. The second-order valence-electron chi connectivity index (χ2n) is 4.39. The number of sulfonamides is 1. The molecule has 112 valence electrons. The van der Waals surface area contributed by atoms with Crippen LogP contribution in [0.5, 0.6) is 0 Å². The van der Waals surface area contributed by atoms with Crippen LogP contribution >= 0.6 is 0 Å². The lowest BCUT2D eigenvalue weighted by Crippen LogP contribution is -2.47. The highest BCUT2D eigenvalue weighted by atomic mass is 32.2. The predicted octanol–water partition coefficient (Wildman–Crippen LogP) is 0.437. The third-order valence-corrected chi connectivity index (χ3v) is 5.05. The molecule has 1 aromatic heterocycles. The average Bonchev–Trinajstić information content (AvgIpc) is 2.99. The van der Waals surface area contributed by atoms with Gasteiger partial charge in [0, 0.05) is 13.1 Å². The minimum atomic E-state index is -5.03. The fourth-order valence-corrected chi connectivity index (χ4v) is 3.43. The molecule has 1 aromatic rings. The van der Waals surface area contributed by atoms with E-state index in [2.05, 4.69) is 9.97 Å². The topological polar surface area (TPSA) is 103 Å². The SMILES string of the molecule is O=C(O)C1(C(F)(F)F)CCN(S(=O)(=O)c2cnc[nH]2)C1. The number of imidazole rings is 1. The van der Waals surface area contributed by atoms with Gasteiger partial charge in [-0.3, -0.25) is 4.79 Å². The number of hydrogen-bond donors (Lipinski definition) is 2. The van der Waals surface area contributed by atoms with Crippen molar-refractivity contribution in [2.24, 2.45) is 5.41 Å². The van der Waals surface area contributed by atoms with E-state index in [0.29, 0.717) is 4.31 Å². The Labute approximate surface area is 111 Å². The lowest BCUT2D eigenvalue weighted by molar-refractivity contribution is -0.226. The van der Waals surface area contributed by atoms with Gasteiger partial charge in [-0.25, -0.2) is 13.4 Å². The van der Waals surface area contributed by atoms with Gasteiger partial charge in [-0.2, -0.15) is 17.5 Å². The summed E-state index contributed by atoms with van der Waals surface area (Å²) in [5.74, 6) is -2.08. The summed E-state index contributed by atoms with van der Waals surface area (Å²) in [5, 5.41) is 8.48. The maximum Gasteiger partial charge on any atom is 0.406 e. The van der Waals surface area contributed by atoms with Crippen LogP contribution in [0.3, 0.4) is 0 Å². The van der Waals surface area contributed by atoms with Crippen LogP contribution in [0.15, 0.2) is 17.6 Å². The van der Waals surface area contributed by atoms with Crippen LogP contribution < -0.4 is 0 Å². The molecule has 7 nitrogen and oxygen atoms in total. The molecule has 0 aliphatic carbocycles. The Morgan fingerprint density at radius 2 is 2.15 bits per heavy atom. The normalized spacial score (nSPS) is 24.9. The Balaban J connectivity index is 2.35. The van der Waals surface area contributed by atoms with Gasteiger partial charge in [-0.15, -0.1) is 0 Å². The Morgan fingerprint density at radius 3 is 2.55 bits per heavy atom. The minimum Gasteiger partial charge on any atom is -0.481 e. The molecule has 0 bridgehead atoms. The van der Waals surface area contributed by atoms with Gasteiger partial charge in [0.05, 0.1) is 12.5 Å². The highest BCUT2D eigenvalue weighted by Gasteiger charge is 2.65. The van der Waals surface area contributed by atoms with Crippen LogP contribution in [-0.2, 0) is 14.8 Å². The number of alkyl halides is 3. The molecular weight excluding hydrogens is 303 g/mol. The summed E-state index contributed by atoms with van der Waals surface area (Å²) in [7, 11) is -4.21. The van der Waals surface area contributed by atoms with Crippen molar-refractivity contribution in [1.29, 1.82) is 0 Å². The van der Waals surface area contributed by atoms with Crippen LogP contribution in [0.2, 0.25) is 0 Å². The van der Waals surface area contributed by atoms with E-state index in [1.165, 1.54) is 0 Å². The predicted molar refractivity (Wildman–Crippen MR) is 58.1 cm³/mol. The van der Waals surface area contributed by atoms with Gasteiger partial charge in [0.15, 0.2) is 10.4 Å². The number of nitrogens with zero attached hydrogens (tertiary/aromatic N) is 2. The van der Waals surface area contributed by atoms with Crippen LogP contribution in [0.25, 0.3) is 0 Å². The molecule has 1 unspecified atom stereocenters. The van der Waals surface area contributed by atoms with Crippen molar-refractivity contribution in [3.8, 4) is 0 Å². The maximum atomic E-state index is 12.9. The lowest BCUT2D eigenvalue weighted by atomic mass is 9.86. The first-order valence-electron chi connectivity index (χ1n) is 5.40. The number of aliphatic carboxylic acids is 1.